The van der Waals surface area contributed by atoms with Crippen LogP contribution in [0.15, 0.2) is 12.3 Å². The van der Waals surface area contributed by atoms with Crippen molar-refractivity contribution in [1.29, 1.82) is 0 Å². The van der Waals surface area contributed by atoms with Crippen LogP contribution in [0, 0.1) is 0 Å². The van der Waals surface area contributed by atoms with Crippen molar-refractivity contribution in [3.63, 3.8) is 0 Å². The zero-order valence-electron chi connectivity index (χ0n) is 11.3. The van der Waals surface area contributed by atoms with E-state index in [1.54, 1.807) is 6.20 Å². The van der Waals surface area contributed by atoms with Gasteiger partial charge in [0.2, 0.25) is 0 Å². The van der Waals surface area contributed by atoms with Gasteiger partial charge in [0.25, 0.3) is 0 Å². The predicted molar refractivity (Wildman–Crippen MR) is 83.0 cm³/mol. The number of nitrogens with zero attached hydrogens (tertiary/aromatic N) is 2. The highest BCUT2D eigenvalue weighted by Crippen LogP contribution is 2.24. The lowest BCUT2D eigenvalue weighted by molar-refractivity contribution is 0.0885. The highest BCUT2D eigenvalue weighted by molar-refractivity contribution is 6.33. The van der Waals surface area contributed by atoms with Gasteiger partial charge < -0.3 is 20.4 Å². The molecule has 0 amide bonds. The summed E-state index contributed by atoms with van der Waals surface area (Å²) in [7, 11) is 0. The molecule has 1 atom stereocenters. The SMILES string of the molecule is Cl.OCC(O)CCc1cnc(N2CCNCC2)c(Cl)c1. The van der Waals surface area contributed by atoms with E-state index in [1.165, 1.54) is 0 Å². The van der Waals surface area contributed by atoms with E-state index < -0.39 is 6.10 Å². The number of pyridine rings is 1. The summed E-state index contributed by atoms with van der Waals surface area (Å²) in [5.74, 6) is 0.828. The molecule has 2 rings (SSSR count). The molecule has 1 aromatic heterocycles. The standard InChI is InChI=1S/C13H20ClN3O2.ClH/c14-12-7-10(1-2-11(19)9-18)8-16-13(12)17-5-3-15-4-6-17;/h7-8,11,15,18-19H,1-6,9H2;1H. The van der Waals surface area contributed by atoms with E-state index in [2.05, 4.69) is 15.2 Å². The number of piperazine rings is 1. The molecule has 1 aliphatic heterocycles. The summed E-state index contributed by atoms with van der Waals surface area (Å²) >= 11 is 6.28. The molecular formula is C13H21Cl2N3O2. The summed E-state index contributed by atoms with van der Waals surface area (Å²) in [5, 5.41) is 22.0. The van der Waals surface area contributed by atoms with Crippen LogP contribution in [0.1, 0.15) is 12.0 Å². The van der Waals surface area contributed by atoms with Crippen LogP contribution < -0.4 is 10.2 Å². The maximum Gasteiger partial charge on any atom is 0.147 e. The van der Waals surface area contributed by atoms with Gasteiger partial charge in [-0.15, -0.1) is 12.4 Å². The van der Waals surface area contributed by atoms with E-state index in [9.17, 15) is 5.11 Å². The normalized spacial score (nSPS) is 16.6. The number of anilines is 1. The Morgan fingerprint density at radius 2 is 2.10 bits per heavy atom. The van der Waals surface area contributed by atoms with Gasteiger partial charge in [-0.3, -0.25) is 0 Å². The Hall–Kier alpha value is -0.590. The van der Waals surface area contributed by atoms with Crippen LogP contribution in [0.2, 0.25) is 5.02 Å². The summed E-state index contributed by atoms with van der Waals surface area (Å²) in [4.78, 5) is 6.60. The second-order valence-electron chi connectivity index (χ2n) is 4.76. The number of aromatic nitrogens is 1. The van der Waals surface area contributed by atoms with Crippen LogP contribution in [0.5, 0.6) is 0 Å². The highest BCUT2D eigenvalue weighted by atomic mass is 35.5. The average molecular weight is 322 g/mol. The molecule has 0 saturated carbocycles. The number of hydrogen-bond acceptors (Lipinski definition) is 5. The molecule has 1 unspecified atom stereocenters. The third-order valence-corrected chi connectivity index (χ3v) is 3.55. The van der Waals surface area contributed by atoms with Gasteiger partial charge in [-0.2, -0.15) is 0 Å². The second-order valence-corrected chi connectivity index (χ2v) is 5.17. The first-order valence-electron chi connectivity index (χ1n) is 6.59. The molecule has 2 heterocycles. The Kier molecular flexibility index (Phi) is 7.55. The number of nitrogens with one attached hydrogen (secondary N) is 1. The Labute approximate surface area is 130 Å². The van der Waals surface area contributed by atoms with Crippen molar-refractivity contribution in [2.45, 2.75) is 18.9 Å². The van der Waals surface area contributed by atoms with Crippen LogP contribution in [0.3, 0.4) is 0 Å². The number of aryl methyl sites for hydroxylation is 1. The molecule has 1 saturated heterocycles. The van der Waals surface area contributed by atoms with Crippen LogP contribution >= 0.6 is 24.0 Å². The molecule has 0 spiro atoms. The van der Waals surface area contributed by atoms with Gasteiger partial charge in [0.05, 0.1) is 17.7 Å². The van der Waals surface area contributed by atoms with E-state index in [0.717, 1.165) is 37.6 Å². The van der Waals surface area contributed by atoms with Crippen molar-refractivity contribution in [3.05, 3.63) is 22.8 Å². The zero-order valence-corrected chi connectivity index (χ0v) is 12.8. The summed E-state index contributed by atoms with van der Waals surface area (Å²) in [6.45, 7) is 3.51. The highest BCUT2D eigenvalue weighted by Gasteiger charge is 2.15. The fraction of sp³-hybridized carbons (Fsp3) is 0.615. The number of aliphatic hydroxyl groups is 2. The minimum Gasteiger partial charge on any atom is -0.394 e. The summed E-state index contributed by atoms with van der Waals surface area (Å²) in [6.07, 6.45) is 2.30. The number of aliphatic hydroxyl groups excluding tert-OH is 2. The fourth-order valence-corrected chi connectivity index (χ4v) is 2.45. The lowest BCUT2D eigenvalue weighted by atomic mass is 10.1. The smallest absolute Gasteiger partial charge is 0.147 e. The van der Waals surface area contributed by atoms with E-state index in [4.69, 9.17) is 16.7 Å². The van der Waals surface area contributed by atoms with Crippen LogP contribution in [0.4, 0.5) is 5.82 Å². The summed E-state index contributed by atoms with van der Waals surface area (Å²) in [5.41, 5.74) is 0.983. The van der Waals surface area contributed by atoms with Crippen molar-refractivity contribution < 1.29 is 10.2 Å². The first kappa shape index (κ1) is 17.5. The fourth-order valence-electron chi connectivity index (χ4n) is 2.14. The Balaban J connectivity index is 0.00000200. The molecule has 1 aliphatic rings. The van der Waals surface area contributed by atoms with Gasteiger partial charge in [-0.1, -0.05) is 11.6 Å². The third kappa shape index (κ3) is 4.75. The molecule has 114 valence electrons. The zero-order chi connectivity index (χ0) is 13.7. The van der Waals surface area contributed by atoms with Gasteiger partial charge in [0.1, 0.15) is 5.82 Å². The van der Waals surface area contributed by atoms with Gasteiger partial charge in [-0.25, -0.2) is 4.98 Å². The lowest BCUT2D eigenvalue weighted by Gasteiger charge is -2.29. The van der Waals surface area contributed by atoms with E-state index in [0.29, 0.717) is 17.9 Å². The average Bonchev–Trinajstić information content (AvgIpc) is 2.45. The predicted octanol–water partition coefficient (Wildman–Crippen LogP) is 0.852. The topological polar surface area (TPSA) is 68.6 Å². The second kappa shape index (κ2) is 8.64. The minimum absolute atomic E-state index is 0. The van der Waals surface area contributed by atoms with E-state index >= 15 is 0 Å². The van der Waals surface area contributed by atoms with Gasteiger partial charge in [0.15, 0.2) is 0 Å². The largest absolute Gasteiger partial charge is 0.394 e. The Morgan fingerprint density at radius 3 is 2.70 bits per heavy atom. The Morgan fingerprint density at radius 1 is 1.40 bits per heavy atom. The molecular weight excluding hydrogens is 301 g/mol. The molecule has 1 fully saturated rings. The minimum atomic E-state index is -0.674. The monoisotopic (exact) mass is 321 g/mol. The summed E-state index contributed by atoms with van der Waals surface area (Å²) < 4.78 is 0. The van der Waals surface area contributed by atoms with Crippen LogP contribution in [0.25, 0.3) is 0 Å². The van der Waals surface area contributed by atoms with Gasteiger partial charge in [-0.05, 0) is 24.5 Å². The maximum atomic E-state index is 9.33. The quantitative estimate of drug-likeness (QED) is 0.750. The van der Waals surface area contributed by atoms with E-state index in [1.807, 2.05) is 6.07 Å². The molecule has 3 N–H and O–H groups in total. The molecule has 20 heavy (non-hydrogen) atoms. The van der Waals surface area contributed by atoms with E-state index in [-0.39, 0.29) is 19.0 Å². The third-order valence-electron chi connectivity index (χ3n) is 3.27. The van der Waals surface area contributed by atoms with Gasteiger partial charge in [0, 0.05) is 32.4 Å². The lowest BCUT2D eigenvalue weighted by Crippen LogP contribution is -2.44. The maximum absolute atomic E-state index is 9.33. The van der Waals surface area contributed by atoms with Crippen molar-refractivity contribution in [2.24, 2.45) is 0 Å². The molecule has 0 radical (unpaired) electrons. The molecule has 1 aromatic rings. The number of rotatable bonds is 5. The molecule has 7 heteroatoms. The van der Waals surface area contributed by atoms with Crippen molar-refractivity contribution >= 4 is 29.8 Å². The van der Waals surface area contributed by atoms with Crippen molar-refractivity contribution in [1.82, 2.24) is 10.3 Å². The summed E-state index contributed by atoms with van der Waals surface area (Å²) in [6, 6.07) is 1.90. The molecule has 0 aliphatic carbocycles. The Bertz CT molecular complexity index is 415. The molecule has 0 bridgehead atoms. The van der Waals surface area contributed by atoms with Crippen molar-refractivity contribution in [2.75, 3.05) is 37.7 Å². The van der Waals surface area contributed by atoms with Crippen LogP contribution in [-0.2, 0) is 6.42 Å². The number of halogens is 2. The first-order chi connectivity index (χ1) is 9.20. The molecule has 5 nitrogen and oxygen atoms in total. The molecule has 0 aromatic carbocycles. The van der Waals surface area contributed by atoms with Crippen molar-refractivity contribution in [3.8, 4) is 0 Å². The first-order valence-corrected chi connectivity index (χ1v) is 6.97. The van der Waals surface area contributed by atoms with Crippen LogP contribution in [-0.4, -0.2) is 54.1 Å². The van der Waals surface area contributed by atoms with Gasteiger partial charge >= 0.3 is 0 Å². The number of hydrogen-bond donors (Lipinski definition) is 3.